The Balaban J connectivity index is 1.43. The minimum atomic E-state index is -0.828. The summed E-state index contributed by atoms with van der Waals surface area (Å²) in [5, 5.41) is 15.5. The fourth-order valence-electron chi connectivity index (χ4n) is 3.35. The zero-order chi connectivity index (χ0) is 17.1. The number of nitrogens with one attached hydrogen (secondary N) is 2. The van der Waals surface area contributed by atoms with E-state index in [0.717, 1.165) is 37.6 Å². The standard InChI is InChI=1S/C17H23F2N3O2/c18-14-2-1-11(7-15(14)19)10-22-5-3-12(4-6-22)21-17(24)16-8-13(23)9-20-16/h1-2,7,12-13,16,20,23H,3-6,8-10H2,(H,21,24). The first-order chi connectivity index (χ1) is 11.5. The maximum Gasteiger partial charge on any atom is 0.237 e. The van der Waals surface area contributed by atoms with Gasteiger partial charge in [0.05, 0.1) is 12.1 Å². The molecule has 2 aliphatic rings. The van der Waals surface area contributed by atoms with E-state index in [1.54, 1.807) is 6.07 Å². The van der Waals surface area contributed by atoms with Crippen molar-refractivity contribution in [3.05, 3.63) is 35.4 Å². The molecule has 0 bridgehead atoms. The second kappa shape index (κ2) is 7.55. The number of carbonyl (C=O) groups excluding carboxylic acids is 1. The lowest BCUT2D eigenvalue weighted by Gasteiger charge is -2.32. The molecule has 0 saturated carbocycles. The van der Waals surface area contributed by atoms with Crippen LogP contribution in [0.1, 0.15) is 24.8 Å². The van der Waals surface area contributed by atoms with Crippen LogP contribution in [-0.2, 0) is 11.3 Å². The number of β-amino-alcohol motifs (C(OH)–C–C–N with tert-alkyl or cyclic N) is 1. The quantitative estimate of drug-likeness (QED) is 0.758. The van der Waals surface area contributed by atoms with Crippen LogP contribution in [0, 0.1) is 11.6 Å². The van der Waals surface area contributed by atoms with E-state index in [1.165, 1.54) is 6.07 Å². The van der Waals surface area contributed by atoms with Gasteiger partial charge in [0.2, 0.25) is 5.91 Å². The molecule has 3 rings (SSSR count). The summed E-state index contributed by atoms with van der Waals surface area (Å²) in [4.78, 5) is 14.3. The molecule has 2 aliphatic heterocycles. The third-order valence-corrected chi connectivity index (χ3v) is 4.75. The molecule has 2 heterocycles. The molecule has 7 heteroatoms. The largest absolute Gasteiger partial charge is 0.392 e. The summed E-state index contributed by atoms with van der Waals surface area (Å²) in [7, 11) is 0. The highest BCUT2D eigenvalue weighted by molar-refractivity contribution is 5.82. The maximum absolute atomic E-state index is 13.2. The van der Waals surface area contributed by atoms with Gasteiger partial charge in [-0.25, -0.2) is 8.78 Å². The molecule has 2 saturated heterocycles. The summed E-state index contributed by atoms with van der Waals surface area (Å²) in [5.74, 6) is -1.70. The molecule has 2 fully saturated rings. The fourth-order valence-corrected chi connectivity index (χ4v) is 3.35. The molecular formula is C17H23F2N3O2. The Morgan fingerprint density at radius 2 is 2.04 bits per heavy atom. The number of nitrogens with zero attached hydrogens (tertiary/aromatic N) is 1. The molecule has 1 aromatic rings. The van der Waals surface area contributed by atoms with Crippen LogP contribution in [0.5, 0.6) is 0 Å². The van der Waals surface area contributed by atoms with Crippen molar-refractivity contribution in [3.8, 4) is 0 Å². The number of carbonyl (C=O) groups is 1. The smallest absolute Gasteiger partial charge is 0.237 e. The van der Waals surface area contributed by atoms with Crippen LogP contribution in [0.4, 0.5) is 8.78 Å². The summed E-state index contributed by atoms with van der Waals surface area (Å²) in [5.41, 5.74) is 0.750. The molecule has 1 amide bonds. The SMILES string of the molecule is O=C(NC1CCN(Cc2ccc(F)c(F)c2)CC1)C1CC(O)CN1. The number of likely N-dealkylation sites (tertiary alicyclic amines) is 1. The van der Waals surface area contributed by atoms with E-state index < -0.39 is 17.7 Å². The normalized spacial score (nSPS) is 25.8. The summed E-state index contributed by atoms with van der Waals surface area (Å²) in [6.07, 6.45) is 1.66. The number of halogens is 2. The number of piperidine rings is 1. The van der Waals surface area contributed by atoms with Gasteiger partial charge in [-0.15, -0.1) is 0 Å². The topological polar surface area (TPSA) is 64.6 Å². The van der Waals surface area contributed by atoms with Crippen LogP contribution < -0.4 is 10.6 Å². The Morgan fingerprint density at radius 1 is 1.29 bits per heavy atom. The van der Waals surface area contributed by atoms with Crippen LogP contribution >= 0.6 is 0 Å². The number of aliphatic hydroxyl groups excluding tert-OH is 1. The Hall–Kier alpha value is -1.57. The van der Waals surface area contributed by atoms with E-state index in [1.807, 2.05) is 0 Å². The van der Waals surface area contributed by atoms with Crippen molar-refractivity contribution < 1.29 is 18.7 Å². The Kier molecular flexibility index (Phi) is 5.43. The molecule has 0 aromatic heterocycles. The van der Waals surface area contributed by atoms with E-state index >= 15 is 0 Å². The van der Waals surface area contributed by atoms with Gasteiger partial charge in [-0.3, -0.25) is 9.69 Å². The molecule has 0 radical (unpaired) electrons. The maximum atomic E-state index is 13.2. The van der Waals surface area contributed by atoms with Crippen molar-refractivity contribution >= 4 is 5.91 Å². The highest BCUT2D eigenvalue weighted by Crippen LogP contribution is 2.16. The van der Waals surface area contributed by atoms with Gasteiger partial charge in [-0.2, -0.15) is 0 Å². The number of hydrogen-bond acceptors (Lipinski definition) is 4. The molecule has 1 aromatic carbocycles. The summed E-state index contributed by atoms with van der Waals surface area (Å²) in [6.45, 7) is 2.63. The average molecular weight is 339 g/mol. The number of hydrogen-bond donors (Lipinski definition) is 3. The third kappa shape index (κ3) is 4.28. The average Bonchev–Trinajstić information content (AvgIpc) is 2.99. The van der Waals surface area contributed by atoms with Gasteiger partial charge in [0.1, 0.15) is 0 Å². The highest BCUT2D eigenvalue weighted by atomic mass is 19.2. The molecular weight excluding hydrogens is 316 g/mol. The zero-order valence-corrected chi connectivity index (χ0v) is 13.5. The lowest BCUT2D eigenvalue weighted by atomic mass is 10.0. The van der Waals surface area contributed by atoms with Crippen molar-refractivity contribution in [1.82, 2.24) is 15.5 Å². The van der Waals surface area contributed by atoms with Gasteiger partial charge in [0.15, 0.2) is 11.6 Å². The van der Waals surface area contributed by atoms with E-state index in [4.69, 9.17) is 0 Å². The van der Waals surface area contributed by atoms with Gasteiger partial charge in [-0.1, -0.05) is 6.07 Å². The Bertz CT molecular complexity index is 591. The molecule has 0 spiro atoms. The zero-order valence-electron chi connectivity index (χ0n) is 13.5. The van der Waals surface area contributed by atoms with Crippen molar-refractivity contribution in [2.75, 3.05) is 19.6 Å². The van der Waals surface area contributed by atoms with Crippen molar-refractivity contribution in [1.29, 1.82) is 0 Å². The van der Waals surface area contributed by atoms with Gasteiger partial charge < -0.3 is 15.7 Å². The molecule has 5 nitrogen and oxygen atoms in total. The first-order valence-electron chi connectivity index (χ1n) is 8.39. The van der Waals surface area contributed by atoms with Gasteiger partial charge in [-0.05, 0) is 37.0 Å². The van der Waals surface area contributed by atoms with Crippen LogP contribution in [0.25, 0.3) is 0 Å². The number of amides is 1. The lowest BCUT2D eigenvalue weighted by Crippen LogP contribution is -2.49. The highest BCUT2D eigenvalue weighted by Gasteiger charge is 2.30. The Morgan fingerprint density at radius 3 is 2.67 bits per heavy atom. The lowest BCUT2D eigenvalue weighted by molar-refractivity contribution is -0.124. The van der Waals surface area contributed by atoms with E-state index in [-0.39, 0.29) is 18.0 Å². The van der Waals surface area contributed by atoms with Crippen molar-refractivity contribution in [2.24, 2.45) is 0 Å². The minimum absolute atomic E-state index is 0.0504. The number of benzene rings is 1. The van der Waals surface area contributed by atoms with Crippen LogP contribution in [-0.4, -0.2) is 53.7 Å². The van der Waals surface area contributed by atoms with E-state index in [0.29, 0.717) is 19.5 Å². The van der Waals surface area contributed by atoms with Crippen LogP contribution in [0.3, 0.4) is 0 Å². The molecule has 24 heavy (non-hydrogen) atoms. The van der Waals surface area contributed by atoms with Crippen molar-refractivity contribution in [2.45, 2.75) is 44.0 Å². The van der Waals surface area contributed by atoms with Gasteiger partial charge >= 0.3 is 0 Å². The summed E-state index contributed by atoms with van der Waals surface area (Å²) >= 11 is 0. The van der Waals surface area contributed by atoms with Gasteiger partial charge in [0, 0.05) is 32.2 Å². The monoisotopic (exact) mass is 339 g/mol. The fraction of sp³-hybridized carbons (Fsp3) is 0.588. The molecule has 132 valence electrons. The predicted molar refractivity (Wildman–Crippen MR) is 85.2 cm³/mol. The van der Waals surface area contributed by atoms with E-state index in [2.05, 4.69) is 15.5 Å². The minimum Gasteiger partial charge on any atom is -0.392 e. The second-order valence-corrected chi connectivity index (χ2v) is 6.66. The van der Waals surface area contributed by atoms with Crippen LogP contribution in [0.2, 0.25) is 0 Å². The molecule has 3 N–H and O–H groups in total. The molecule has 2 atom stereocenters. The summed E-state index contributed by atoms with van der Waals surface area (Å²) in [6, 6.07) is 3.81. The Labute approximate surface area is 140 Å². The van der Waals surface area contributed by atoms with Crippen molar-refractivity contribution in [3.63, 3.8) is 0 Å². The molecule has 0 aliphatic carbocycles. The second-order valence-electron chi connectivity index (χ2n) is 6.66. The van der Waals surface area contributed by atoms with Crippen LogP contribution in [0.15, 0.2) is 18.2 Å². The number of aliphatic hydroxyl groups is 1. The summed E-state index contributed by atoms with van der Waals surface area (Å²) < 4.78 is 26.2. The van der Waals surface area contributed by atoms with E-state index in [9.17, 15) is 18.7 Å². The first-order valence-corrected chi connectivity index (χ1v) is 8.39. The third-order valence-electron chi connectivity index (χ3n) is 4.75. The van der Waals surface area contributed by atoms with Gasteiger partial charge in [0.25, 0.3) is 0 Å². The predicted octanol–water partition coefficient (Wildman–Crippen LogP) is 0.768. The number of rotatable bonds is 4. The first kappa shape index (κ1) is 17.3. The molecule has 2 unspecified atom stereocenters.